The predicted octanol–water partition coefficient (Wildman–Crippen LogP) is 4.16. The van der Waals surface area contributed by atoms with Gasteiger partial charge in [0.1, 0.15) is 17.3 Å². The minimum absolute atomic E-state index is 0.0745. The number of hydrogen-bond acceptors (Lipinski definition) is 6. The molecule has 0 aliphatic carbocycles. The van der Waals surface area contributed by atoms with Gasteiger partial charge in [-0.25, -0.2) is 14.4 Å². The average molecular weight is 436 g/mol. The van der Waals surface area contributed by atoms with Crippen LogP contribution >= 0.6 is 0 Å². The SMILES string of the molecule is COc1ccc(NC(=O)[C@H]2CCCN(c3ncc(-c4cccc(F)c4)cn3)C2)c(OC)c1. The maximum absolute atomic E-state index is 13.5. The van der Waals surface area contributed by atoms with Gasteiger partial charge in [-0.2, -0.15) is 0 Å². The Labute approximate surface area is 186 Å². The summed E-state index contributed by atoms with van der Waals surface area (Å²) in [5.74, 6) is 1.18. The van der Waals surface area contributed by atoms with Crippen LogP contribution < -0.4 is 19.7 Å². The van der Waals surface area contributed by atoms with E-state index in [9.17, 15) is 9.18 Å². The lowest BCUT2D eigenvalue weighted by molar-refractivity contribution is -0.120. The molecule has 3 aromatic rings. The van der Waals surface area contributed by atoms with Crippen molar-refractivity contribution in [2.75, 3.05) is 37.5 Å². The highest BCUT2D eigenvalue weighted by atomic mass is 19.1. The van der Waals surface area contributed by atoms with Crippen LogP contribution in [0.2, 0.25) is 0 Å². The lowest BCUT2D eigenvalue weighted by Gasteiger charge is -2.32. The molecule has 2 aromatic carbocycles. The third-order valence-corrected chi connectivity index (χ3v) is 5.54. The molecule has 1 fully saturated rings. The van der Waals surface area contributed by atoms with Gasteiger partial charge in [-0.3, -0.25) is 4.79 Å². The van der Waals surface area contributed by atoms with Gasteiger partial charge in [0.2, 0.25) is 11.9 Å². The van der Waals surface area contributed by atoms with Gasteiger partial charge < -0.3 is 19.7 Å². The third-order valence-electron chi connectivity index (χ3n) is 5.54. The molecule has 1 amide bonds. The number of aromatic nitrogens is 2. The number of methoxy groups -OCH3 is 2. The molecule has 1 aliphatic heterocycles. The van der Waals surface area contributed by atoms with Crippen LogP contribution in [0.1, 0.15) is 12.8 Å². The Morgan fingerprint density at radius 2 is 1.91 bits per heavy atom. The van der Waals surface area contributed by atoms with Gasteiger partial charge in [0.25, 0.3) is 0 Å². The molecule has 1 aliphatic rings. The number of hydrogen-bond donors (Lipinski definition) is 1. The summed E-state index contributed by atoms with van der Waals surface area (Å²) in [6, 6.07) is 11.6. The maximum Gasteiger partial charge on any atom is 0.229 e. The van der Waals surface area contributed by atoms with E-state index >= 15 is 0 Å². The van der Waals surface area contributed by atoms with Crippen LogP contribution in [-0.2, 0) is 4.79 Å². The molecule has 7 nitrogen and oxygen atoms in total. The molecule has 0 unspecified atom stereocenters. The second kappa shape index (κ2) is 9.64. The molecule has 32 heavy (non-hydrogen) atoms. The zero-order valence-corrected chi connectivity index (χ0v) is 18.0. The van der Waals surface area contributed by atoms with Gasteiger partial charge in [0, 0.05) is 37.1 Å². The summed E-state index contributed by atoms with van der Waals surface area (Å²) >= 11 is 0. The fraction of sp³-hybridized carbons (Fsp3) is 0.292. The molecule has 0 spiro atoms. The molecule has 4 rings (SSSR count). The van der Waals surface area contributed by atoms with Crippen molar-refractivity contribution in [2.45, 2.75) is 12.8 Å². The first-order valence-electron chi connectivity index (χ1n) is 10.4. The Hall–Kier alpha value is -3.68. The molecule has 2 heterocycles. The van der Waals surface area contributed by atoms with E-state index in [0.29, 0.717) is 29.7 Å². The van der Waals surface area contributed by atoms with Crippen LogP contribution in [0.25, 0.3) is 11.1 Å². The van der Waals surface area contributed by atoms with Gasteiger partial charge >= 0.3 is 0 Å². The highest BCUT2D eigenvalue weighted by molar-refractivity contribution is 5.94. The molecular formula is C24H25FN4O3. The van der Waals surface area contributed by atoms with Gasteiger partial charge in [-0.1, -0.05) is 12.1 Å². The van der Waals surface area contributed by atoms with Crippen LogP contribution in [0.15, 0.2) is 54.9 Å². The number of ether oxygens (including phenoxy) is 2. The first-order chi connectivity index (χ1) is 15.6. The Bertz CT molecular complexity index is 1090. The molecule has 1 atom stereocenters. The predicted molar refractivity (Wildman–Crippen MR) is 121 cm³/mol. The number of anilines is 2. The van der Waals surface area contributed by atoms with Crippen molar-refractivity contribution in [2.24, 2.45) is 5.92 Å². The largest absolute Gasteiger partial charge is 0.497 e. The molecule has 0 radical (unpaired) electrons. The van der Waals surface area contributed by atoms with Gasteiger partial charge in [0.15, 0.2) is 0 Å². The topological polar surface area (TPSA) is 76.6 Å². The number of rotatable bonds is 6. The summed E-state index contributed by atoms with van der Waals surface area (Å²) in [5, 5.41) is 2.97. The average Bonchev–Trinajstić information content (AvgIpc) is 2.84. The van der Waals surface area contributed by atoms with Crippen molar-refractivity contribution in [3.63, 3.8) is 0 Å². The monoisotopic (exact) mass is 436 g/mol. The van der Waals surface area contributed by atoms with E-state index < -0.39 is 0 Å². The molecule has 1 saturated heterocycles. The van der Waals surface area contributed by atoms with Crippen molar-refractivity contribution in [1.29, 1.82) is 0 Å². The number of halogens is 1. The molecule has 0 bridgehead atoms. The van der Waals surface area contributed by atoms with Gasteiger partial charge in [0.05, 0.1) is 25.8 Å². The fourth-order valence-electron chi connectivity index (χ4n) is 3.81. The molecular weight excluding hydrogens is 411 g/mol. The minimum Gasteiger partial charge on any atom is -0.497 e. The summed E-state index contributed by atoms with van der Waals surface area (Å²) in [5.41, 5.74) is 2.07. The third kappa shape index (κ3) is 4.80. The second-order valence-electron chi connectivity index (χ2n) is 7.62. The van der Waals surface area contributed by atoms with Crippen LogP contribution in [0.3, 0.4) is 0 Å². The fourth-order valence-corrected chi connectivity index (χ4v) is 3.81. The van der Waals surface area contributed by atoms with Crippen molar-refractivity contribution < 1.29 is 18.7 Å². The van der Waals surface area contributed by atoms with E-state index in [4.69, 9.17) is 9.47 Å². The number of nitrogens with one attached hydrogen (secondary N) is 1. The van der Waals surface area contributed by atoms with E-state index in [-0.39, 0.29) is 17.6 Å². The Balaban J connectivity index is 1.43. The summed E-state index contributed by atoms with van der Waals surface area (Å²) in [6.07, 6.45) is 5.00. The van der Waals surface area contributed by atoms with Gasteiger partial charge in [-0.05, 0) is 42.7 Å². The number of amides is 1. The molecule has 0 saturated carbocycles. The van der Waals surface area contributed by atoms with Crippen LogP contribution in [0.4, 0.5) is 16.0 Å². The normalized spacial score (nSPS) is 15.8. The van der Waals surface area contributed by atoms with E-state index in [1.807, 2.05) is 11.0 Å². The number of nitrogens with zero attached hydrogens (tertiary/aromatic N) is 3. The number of carbonyl (C=O) groups is 1. The Morgan fingerprint density at radius 1 is 1.09 bits per heavy atom. The lowest BCUT2D eigenvalue weighted by atomic mass is 9.97. The van der Waals surface area contributed by atoms with Crippen molar-refractivity contribution in [3.8, 4) is 22.6 Å². The standard InChI is InChI=1S/C24H25FN4O3/c1-31-20-8-9-21(22(12-20)32-2)28-23(30)17-6-4-10-29(15-17)24-26-13-18(14-27-24)16-5-3-7-19(25)11-16/h3,5,7-9,11-14,17H,4,6,10,15H2,1-2H3,(H,28,30)/t17-/m0/s1. The van der Waals surface area contributed by atoms with E-state index in [0.717, 1.165) is 30.5 Å². The van der Waals surface area contributed by atoms with Crippen LogP contribution in [0, 0.1) is 11.7 Å². The lowest BCUT2D eigenvalue weighted by Crippen LogP contribution is -2.41. The number of carbonyl (C=O) groups excluding carboxylic acids is 1. The molecule has 166 valence electrons. The Kier molecular flexibility index (Phi) is 6.49. The van der Waals surface area contributed by atoms with Crippen LogP contribution in [0.5, 0.6) is 11.5 Å². The van der Waals surface area contributed by atoms with Crippen molar-refractivity contribution in [1.82, 2.24) is 9.97 Å². The zero-order valence-electron chi connectivity index (χ0n) is 18.0. The zero-order chi connectivity index (χ0) is 22.5. The quantitative estimate of drug-likeness (QED) is 0.626. The highest BCUT2D eigenvalue weighted by Crippen LogP contribution is 2.30. The van der Waals surface area contributed by atoms with Crippen LogP contribution in [-0.4, -0.2) is 43.2 Å². The maximum atomic E-state index is 13.5. The second-order valence-corrected chi connectivity index (χ2v) is 7.62. The highest BCUT2D eigenvalue weighted by Gasteiger charge is 2.27. The Morgan fingerprint density at radius 3 is 2.62 bits per heavy atom. The molecule has 1 aromatic heterocycles. The van der Waals surface area contributed by atoms with E-state index in [2.05, 4.69) is 15.3 Å². The van der Waals surface area contributed by atoms with E-state index in [1.165, 1.54) is 12.1 Å². The summed E-state index contributed by atoms with van der Waals surface area (Å²) in [7, 11) is 3.13. The number of piperidine rings is 1. The van der Waals surface area contributed by atoms with Crippen molar-refractivity contribution >= 4 is 17.5 Å². The first-order valence-corrected chi connectivity index (χ1v) is 10.4. The van der Waals surface area contributed by atoms with E-state index in [1.54, 1.807) is 50.9 Å². The smallest absolute Gasteiger partial charge is 0.229 e. The minimum atomic E-state index is -0.301. The van der Waals surface area contributed by atoms with Gasteiger partial charge in [-0.15, -0.1) is 0 Å². The number of benzene rings is 2. The van der Waals surface area contributed by atoms with Crippen molar-refractivity contribution in [3.05, 3.63) is 60.7 Å². The summed E-state index contributed by atoms with van der Waals surface area (Å²) < 4.78 is 24.1. The first kappa shape index (κ1) is 21.5. The molecule has 1 N–H and O–H groups in total. The summed E-state index contributed by atoms with van der Waals surface area (Å²) in [6.45, 7) is 1.29. The summed E-state index contributed by atoms with van der Waals surface area (Å²) in [4.78, 5) is 23.9. The molecule has 8 heteroatoms.